The van der Waals surface area contributed by atoms with E-state index in [1.165, 1.54) is 27.1 Å². The number of likely N-dealkylation sites (tertiary alicyclic amines) is 1. The minimum atomic E-state index is -3.74. The molecule has 8 nitrogen and oxygen atoms in total. The number of rotatable bonds is 4. The molecule has 1 aromatic carbocycles. The maximum absolute atomic E-state index is 13.8. The van der Waals surface area contributed by atoms with Crippen molar-refractivity contribution >= 4 is 15.9 Å². The van der Waals surface area contributed by atoms with Gasteiger partial charge in [0.25, 0.3) is 5.56 Å². The van der Waals surface area contributed by atoms with E-state index in [9.17, 15) is 27.5 Å². The molecule has 2 fully saturated rings. The fraction of sp³-hybridized carbons (Fsp3) is 0.500. The van der Waals surface area contributed by atoms with Gasteiger partial charge in [0.15, 0.2) is 0 Å². The molecule has 4 atom stereocenters. The van der Waals surface area contributed by atoms with Crippen molar-refractivity contribution in [2.45, 2.75) is 37.9 Å². The first-order valence-corrected chi connectivity index (χ1v) is 13.4. The summed E-state index contributed by atoms with van der Waals surface area (Å²) in [6.45, 7) is 0.872. The first-order chi connectivity index (χ1) is 16.2. The van der Waals surface area contributed by atoms with E-state index < -0.39 is 39.8 Å². The highest BCUT2D eigenvalue weighted by atomic mass is 32.2. The van der Waals surface area contributed by atoms with E-state index >= 15 is 0 Å². The van der Waals surface area contributed by atoms with Crippen molar-refractivity contribution in [2.75, 3.05) is 26.0 Å². The Morgan fingerprint density at radius 3 is 2.53 bits per heavy atom. The number of carbonyl (C=O) groups excluding carboxylic acids is 1. The minimum absolute atomic E-state index is 0.0237. The van der Waals surface area contributed by atoms with Crippen LogP contribution in [0.1, 0.15) is 31.0 Å². The van der Waals surface area contributed by atoms with Gasteiger partial charge in [0.1, 0.15) is 5.82 Å². The molecule has 3 aliphatic rings. The number of sulfonamides is 1. The molecule has 5 rings (SSSR count). The second kappa shape index (κ2) is 8.58. The van der Waals surface area contributed by atoms with Gasteiger partial charge >= 0.3 is 0 Å². The van der Waals surface area contributed by atoms with Crippen LogP contribution in [0, 0.1) is 17.7 Å². The first kappa shape index (κ1) is 23.2. The Kier molecular flexibility index (Phi) is 5.86. The summed E-state index contributed by atoms with van der Waals surface area (Å²) in [7, 11) is -3.74. The molecule has 2 aromatic rings. The predicted molar refractivity (Wildman–Crippen MR) is 124 cm³/mol. The number of amides is 1. The summed E-state index contributed by atoms with van der Waals surface area (Å²) in [6, 6.07) is 7.38. The molecule has 0 saturated carbocycles. The van der Waals surface area contributed by atoms with Gasteiger partial charge < -0.3 is 14.6 Å². The topological polar surface area (TPSA) is 99.9 Å². The van der Waals surface area contributed by atoms with Gasteiger partial charge in [-0.25, -0.2) is 12.8 Å². The lowest BCUT2D eigenvalue weighted by Gasteiger charge is -2.37. The number of aliphatic hydroxyl groups excluding tert-OH is 1. The maximum atomic E-state index is 13.8. The van der Waals surface area contributed by atoms with Crippen LogP contribution in [0.4, 0.5) is 4.39 Å². The van der Waals surface area contributed by atoms with E-state index in [-0.39, 0.29) is 24.6 Å². The third-order valence-corrected chi connectivity index (χ3v) is 8.72. The van der Waals surface area contributed by atoms with Crippen LogP contribution in [0.5, 0.6) is 0 Å². The minimum Gasteiger partial charge on any atom is -0.396 e. The second-order valence-corrected chi connectivity index (χ2v) is 11.3. The number of hydrogen-bond acceptors (Lipinski definition) is 5. The number of fused-ring (bicyclic) bond motifs is 4. The number of hydrogen-bond donors (Lipinski definition) is 1. The number of aromatic nitrogens is 1. The van der Waals surface area contributed by atoms with Crippen LogP contribution < -0.4 is 5.56 Å². The second-order valence-electron chi connectivity index (χ2n) is 9.46. The van der Waals surface area contributed by atoms with E-state index in [1.54, 1.807) is 23.1 Å². The standard InChI is InChI=1S/C24H28FN3O5S/c1-34(32,33)28-20-13-27-19(9-8-17(23(27)30)15-6-5-7-16(25)12-15)22(28)21(18(20)14-29)24(31)26-10-3-2-4-11-26/h5-9,12,18,20-22,29H,2-4,10-11,13-14H2,1H3/t18-,20-,21+,22+/m0/s1. The Morgan fingerprint density at radius 2 is 1.88 bits per heavy atom. The van der Waals surface area contributed by atoms with Crippen LogP contribution in [-0.2, 0) is 21.4 Å². The van der Waals surface area contributed by atoms with Crippen LogP contribution in [0.25, 0.3) is 11.1 Å². The normalized spacial score (nSPS) is 27.0. The summed E-state index contributed by atoms with van der Waals surface area (Å²) in [5, 5.41) is 10.3. The van der Waals surface area contributed by atoms with Gasteiger partial charge in [0.2, 0.25) is 15.9 Å². The average molecular weight is 490 g/mol. The molecule has 0 radical (unpaired) electrons. The fourth-order valence-corrected chi connectivity index (χ4v) is 7.36. The van der Waals surface area contributed by atoms with Crippen molar-refractivity contribution in [3.8, 4) is 11.1 Å². The molecular weight excluding hydrogens is 461 g/mol. The van der Waals surface area contributed by atoms with Gasteiger partial charge in [-0.3, -0.25) is 9.59 Å². The first-order valence-electron chi connectivity index (χ1n) is 11.6. The van der Waals surface area contributed by atoms with Gasteiger partial charge in [-0.05, 0) is 49.1 Å². The third kappa shape index (κ3) is 3.68. The molecule has 1 N–H and O–H groups in total. The molecule has 34 heavy (non-hydrogen) atoms. The highest BCUT2D eigenvalue weighted by Crippen LogP contribution is 2.50. The van der Waals surface area contributed by atoms with E-state index in [1.807, 2.05) is 0 Å². The van der Waals surface area contributed by atoms with Gasteiger partial charge in [-0.2, -0.15) is 4.31 Å². The van der Waals surface area contributed by atoms with Crippen LogP contribution in [0.3, 0.4) is 0 Å². The maximum Gasteiger partial charge on any atom is 0.258 e. The smallest absolute Gasteiger partial charge is 0.258 e. The molecule has 2 saturated heterocycles. The van der Waals surface area contributed by atoms with Crippen molar-refractivity contribution in [3.63, 3.8) is 0 Å². The number of aliphatic hydroxyl groups is 1. The summed E-state index contributed by atoms with van der Waals surface area (Å²) in [5.41, 5.74) is 0.792. The highest BCUT2D eigenvalue weighted by molar-refractivity contribution is 7.88. The quantitative estimate of drug-likeness (QED) is 0.703. The van der Waals surface area contributed by atoms with Crippen LogP contribution in [-0.4, -0.2) is 65.2 Å². The molecule has 2 bridgehead atoms. The molecule has 4 heterocycles. The van der Waals surface area contributed by atoms with E-state index in [0.29, 0.717) is 29.9 Å². The van der Waals surface area contributed by atoms with E-state index in [0.717, 1.165) is 25.5 Å². The lowest BCUT2D eigenvalue weighted by Crippen LogP contribution is -2.49. The summed E-state index contributed by atoms with van der Waals surface area (Å²) in [5.74, 6) is -2.05. The molecule has 3 aliphatic heterocycles. The largest absolute Gasteiger partial charge is 0.396 e. The fourth-order valence-electron chi connectivity index (χ4n) is 5.99. The Labute approximate surface area is 197 Å². The van der Waals surface area contributed by atoms with Crippen molar-refractivity contribution in [1.82, 2.24) is 13.8 Å². The van der Waals surface area contributed by atoms with Crippen LogP contribution in [0.2, 0.25) is 0 Å². The molecule has 0 aliphatic carbocycles. The molecule has 10 heteroatoms. The Morgan fingerprint density at radius 1 is 1.15 bits per heavy atom. The zero-order valence-corrected chi connectivity index (χ0v) is 19.7. The SMILES string of the molecule is CS(=O)(=O)N1[C@@H]2c3ccc(-c4cccc(F)c4)c(=O)n3C[C@H]1[C@H](CO)[C@H]2C(=O)N1CCCCC1. The highest BCUT2D eigenvalue weighted by Gasteiger charge is 2.59. The lowest BCUT2D eigenvalue weighted by molar-refractivity contribution is -0.139. The van der Waals surface area contributed by atoms with Crippen molar-refractivity contribution in [2.24, 2.45) is 11.8 Å². The molecule has 0 unspecified atom stereocenters. The van der Waals surface area contributed by atoms with Crippen molar-refractivity contribution < 1.29 is 22.7 Å². The molecule has 1 aromatic heterocycles. The number of nitrogens with zero attached hydrogens (tertiary/aromatic N) is 3. The van der Waals surface area contributed by atoms with Gasteiger partial charge in [0.05, 0.1) is 18.2 Å². The van der Waals surface area contributed by atoms with E-state index in [4.69, 9.17) is 0 Å². The predicted octanol–water partition coefficient (Wildman–Crippen LogP) is 1.59. The van der Waals surface area contributed by atoms with Gasteiger partial charge in [-0.15, -0.1) is 0 Å². The monoisotopic (exact) mass is 489 g/mol. The van der Waals surface area contributed by atoms with Gasteiger partial charge in [0, 0.05) is 49.5 Å². The summed E-state index contributed by atoms with van der Waals surface area (Å²) < 4.78 is 42.3. The molecular formula is C24H28FN3O5S. The Bertz CT molecular complexity index is 1290. The molecule has 0 spiro atoms. The Hall–Kier alpha value is -2.56. The third-order valence-electron chi connectivity index (χ3n) is 7.46. The zero-order valence-electron chi connectivity index (χ0n) is 18.9. The van der Waals surface area contributed by atoms with Crippen LogP contribution in [0.15, 0.2) is 41.2 Å². The number of piperidine rings is 1. The number of carbonyl (C=O) groups is 1. The molecule has 182 valence electrons. The van der Waals surface area contributed by atoms with Crippen LogP contribution >= 0.6 is 0 Å². The van der Waals surface area contributed by atoms with E-state index in [2.05, 4.69) is 0 Å². The van der Waals surface area contributed by atoms with Gasteiger partial charge in [-0.1, -0.05) is 12.1 Å². The number of benzene rings is 1. The summed E-state index contributed by atoms with van der Waals surface area (Å²) in [6.07, 6.45) is 3.92. The number of pyridine rings is 1. The lowest BCUT2D eigenvalue weighted by atomic mass is 9.85. The average Bonchev–Trinajstić information content (AvgIpc) is 3.07. The summed E-state index contributed by atoms with van der Waals surface area (Å²) >= 11 is 0. The Balaban J connectivity index is 1.65. The van der Waals surface area contributed by atoms with Crippen molar-refractivity contribution in [3.05, 3.63) is 58.3 Å². The van der Waals surface area contributed by atoms with Crippen molar-refractivity contribution in [1.29, 1.82) is 0 Å². The molecule has 1 amide bonds. The zero-order chi connectivity index (χ0) is 24.2. The summed E-state index contributed by atoms with van der Waals surface area (Å²) in [4.78, 5) is 28.9. The number of halogens is 1.